The number of ether oxygens (including phenoxy) is 3. The average molecular weight is 510 g/mol. The Kier molecular flexibility index (Phi) is 4.88. The van der Waals surface area contributed by atoms with Gasteiger partial charge in [-0.15, -0.1) is 0 Å². The first-order valence-electron chi connectivity index (χ1n) is 10.7. The minimum absolute atomic E-state index is 0.0148. The second kappa shape index (κ2) is 7.86. The van der Waals surface area contributed by atoms with Crippen LogP contribution in [0.15, 0.2) is 40.2 Å². The summed E-state index contributed by atoms with van der Waals surface area (Å²) in [5.74, 6) is 6.33. The van der Waals surface area contributed by atoms with E-state index in [1.54, 1.807) is 6.92 Å². The molecule has 0 saturated heterocycles. The molecule has 176 valence electrons. The number of ketones is 1. The Balaban J connectivity index is 1.16. The van der Waals surface area contributed by atoms with Crippen molar-refractivity contribution in [1.29, 1.82) is 0 Å². The lowest BCUT2D eigenvalue weighted by molar-refractivity contribution is -0.127. The average Bonchev–Trinajstić information content (AvgIpc) is 3.49. The van der Waals surface area contributed by atoms with Gasteiger partial charge in [-0.2, -0.15) is 9.36 Å². The van der Waals surface area contributed by atoms with E-state index >= 15 is 0 Å². The smallest absolute Gasteiger partial charge is 0.412 e. The number of rotatable bonds is 3. The first-order valence-corrected chi connectivity index (χ1v) is 11.9. The van der Waals surface area contributed by atoms with Gasteiger partial charge in [-0.25, -0.2) is 4.79 Å². The molecule has 3 heterocycles. The molecular formula is C24H16ClN3O6S. The van der Waals surface area contributed by atoms with Crippen LogP contribution in [0.2, 0.25) is 5.15 Å². The van der Waals surface area contributed by atoms with Crippen molar-refractivity contribution in [3.05, 3.63) is 62.8 Å². The van der Waals surface area contributed by atoms with Gasteiger partial charge < -0.3 is 18.6 Å². The van der Waals surface area contributed by atoms with Crippen LogP contribution in [0.1, 0.15) is 47.8 Å². The van der Waals surface area contributed by atoms with E-state index in [0.29, 0.717) is 10.6 Å². The highest BCUT2D eigenvalue weighted by Gasteiger charge is 2.67. The lowest BCUT2D eigenvalue weighted by Gasteiger charge is -2.31. The summed E-state index contributed by atoms with van der Waals surface area (Å²) in [4.78, 5) is 29.2. The van der Waals surface area contributed by atoms with Gasteiger partial charge in [0.15, 0.2) is 10.9 Å². The maximum Gasteiger partial charge on any atom is 0.412 e. The van der Waals surface area contributed by atoms with Crippen LogP contribution in [0, 0.1) is 24.2 Å². The number of benzene rings is 1. The number of fused-ring (bicyclic) bond motifs is 2. The minimum atomic E-state index is -0.692. The molecule has 2 aliphatic carbocycles. The second-order valence-corrected chi connectivity index (χ2v) is 9.47. The number of carbonyl (C=O) groups excluding carboxylic acids is 2. The summed E-state index contributed by atoms with van der Waals surface area (Å²) in [6.07, 6.45) is 0.334. The van der Waals surface area contributed by atoms with Crippen LogP contribution in [0.25, 0.3) is 0 Å². The Hall–Kier alpha value is -3.81. The molecule has 3 aromatic rings. The summed E-state index contributed by atoms with van der Waals surface area (Å²) in [5, 5.41) is 2.69. The van der Waals surface area contributed by atoms with Gasteiger partial charge >= 0.3 is 17.9 Å². The summed E-state index contributed by atoms with van der Waals surface area (Å²) in [7, 11) is 0. The predicted octanol–water partition coefficient (Wildman–Crippen LogP) is 5.15. The van der Waals surface area contributed by atoms with Crippen molar-refractivity contribution < 1.29 is 28.2 Å². The minimum Gasteiger partial charge on any atom is -0.441 e. The summed E-state index contributed by atoms with van der Waals surface area (Å²) in [5.41, 5.74) is 1.60. The standard InChI is InChI=1S/C24H16ClN3O6S/c1-11-5-3-4-6-13(11)12(2)31-23(30)27-16-14(35-28-20(16)25)7-8-15-26-21-22(32-15)34-19-17(33-21)18(29)24(19)9-10-24/h3-6,12H,9-10H2,1-2H3,(H,27,30). The molecule has 1 atom stereocenters. The number of aromatic nitrogens is 2. The predicted molar refractivity (Wildman–Crippen MR) is 124 cm³/mol. The van der Waals surface area contributed by atoms with Crippen molar-refractivity contribution in [2.45, 2.75) is 32.8 Å². The maximum atomic E-state index is 12.5. The number of oxazole rings is 1. The zero-order chi connectivity index (χ0) is 24.3. The molecule has 1 saturated carbocycles. The summed E-state index contributed by atoms with van der Waals surface area (Å²) < 4.78 is 26.3. The fraction of sp³-hybridized carbons (Fsp3) is 0.250. The molecule has 1 amide bonds. The third-order valence-electron chi connectivity index (χ3n) is 6.06. The van der Waals surface area contributed by atoms with Gasteiger partial charge in [-0.05, 0) is 61.2 Å². The van der Waals surface area contributed by atoms with Crippen LogP contribution in [0.4, 0.5) is 10.5 Å². The molecule has 11 heteroatoms. The Morgan fingerprint density at radius 2 is 2.09 bits per heavy atom. The molecule has 6 rings (SSSR count). The van der Waals surface area contributed by atoms with Gasteiger partial charge in [0.05, 0.1) is 5.41 Å². The number of anilines is 1. The van der Waals surface area contributed by atoms with Gasteiger partial charge in [0, 0.05) is 0 Å². The van der Waals surface area contributed by atoms with Crippen LogP contribution in [-0.2, 0) is 9.53 Å². The van der Waals surface area contributed by atoms with Crippen molar-refractivity contribution in [3.8, 4) is 23.7 Å². The van der Waals surface area contributed by atoms with Gasteiger partial charge in [0.1, 0.15) is 16.7 Å². The van der Waals surface area contributed by atoms with Crippen molar-refractivity contribution in [2.75, 3.05) is 5.32 Å². The van der Waals surface area contributed by atoms with Crippen molar-refractivity contribution in [2.24, 2.45) is 5.41 Å². The van der Waals surface area contributed by atoms with Crippen LogP contribution < -0.4 is 14.8 Å². The van der Waals surface area contributed by atoms with E-state index in [-0.39, 0.29) is 40.1 Å². The molecule has 1 aromatic carbocycles. The molecule has 1 spiro atoms. The molecule has 0 bridgehead atoms. The van der Waals surface area contributed by atoms with Crippen molar-refractivity contribution in [3.63, 3.8) is 0 Å². The van der Waals surface area contributed by atoms with E-state index in [2.05, 4.69) is 26.5 Å². The number of nitrogens with one attached hydrogen (secondary N) is 1. The highest BCUT2D eigenvalue weighted by atomic mass is 35.5. The van der Waals surface area contributed by atoms with Crippen molar-refractivity contribution >= 4 is 40.7 Å². The van der Waals surface area contributed by atoms with Gasteiger partial charge in [0.2, 0.25) is 11.5 Å². The monoisotopic (exact) mass is 509 g/mol. The van der Waals surface area contributed by atoms with E-state index in [9.17, 15) is 9.59 Å². The Labute approximate surface area is 208 Å². The summed E-state index contributed by atoms with van der Waals surface area (Å²) >= 11 is 7.16. The lowest BCUT2D eigenvalue weighted by atomic mass is 9.84. The molecule has 1 N–H and O–H groups in total. The second-order valence-electron chi connectivity index (χ2n) is 8.34. The number of halogens is 1. The third kappa shape index (κ3) is 3.55. The number of allylic oxidation sites excluding steroid dienone is 2. The Morgan fingerprint density at radius 3 is 2.86 bits per heavy atom. The molecule has 1 aliphatic heterocycles. The zero-order valence-corrected chi connectivity index (χ0v) is 20.0. The SMILES string of the molecule is Cc1ccccc1C(C)OC(=O)Nc1c(Cl)nsc1C#Cc1nc2c(o1)OC1=C(O2)C(=O)C12CC2. The molecule has 2 aromatic heterocycles. The van der Waals surface area contributed by atoms with Gasteiger partial charge in [-0.3, -0.25) is 10.1 Å². The third-order valence-corrected chi connectivity index (χ3v) is 7.20. The van der Waals surface area contributed by atoms with E-state index < -0.39 is 17.6 Å². The number of amides is 1. The highest BCUT2D eigenvalue weighted by molar-refractivity contribution is 7.07. The largest absolute Gasteiger partial charge is 0.441 e. The first kappa shape index (κ1) is 21.7. The number of Topliss-reactive ketones (excluding diaryl/α,β-unsaturated/α-hetero) is 1. The number of hydrogen-bond acceptors (Lipinski definition) is 9. The summed E-state index contributed by atoms with van der Waals surface area (Å²) in [6, 6.07) is 7.64. The molecule has 3 aliphatic rings. The van der Waals surface area contributed by atoms with Crippen molar-refractivity contribution in [1.82, 2.24) is 9.36 Å². The highest BCUT2D eigenvalue weighted by Crippen LogP contribution is 2.63. The summed E-state index contributed by atoms with van der Waals surface area (Å²) in [6.45, 7) is 3.73. The van der Waals surface area contributed by atoms with Crippen LogP contribution >= 0.6 is 23.1 Å². The number of carbonyl (C=O) groups is 2. The van der Waals surface area contributed by atoms with Crippen LogP contribution in [-0.4, -0.2) is 21.2 Å². The maximum absolute atomic E-state index is 12.5. The quantitative estimate of drug-likeness (QED) is 0.482. The van der Waals surface area contributed by atoms with Gasteiger partial charge in [0.25, 0.3) is 5.89 Å². The zero-order valence-electron chi connectivity index (χ0n) is 18.4. The van der Waals surface area contributed by atoms with E-state index in [1.165, 1.54) is 0 Å². The Bertz CT molecular complexity index is 1510. The number of hydrogen-bond donors (Lipinski definition) is 1. The molecule has 0 radical (unpaired) electrons. The number of aryl methyl sites for hydroxylation is 1. The molecular weight excluding hydrogens is 494 g/mol. The molecule has 1 unspecified atom stereocenters. The normalized spacial score (nSPS) is 17.2. The fourth-order valence-corrected chi connectivity index (χ4v) is 4.93. The van der Waals surface area contributed by atoms with Crippen LogP contribution in [0.5, 0.6) is 11.8 Å². The first-order chi connectivity index (χ1) is 16.9. The van der Waals surface area contributed by atoms with Crippen LogP contribution in [0.3, 0.4) is 0 Å². The van der Waals surface area contributed by atoms with E-state index in [4.69, 9.17) is 30.2 Å². The molecule has 1 fully saturated rings. The fourth-order valence-electron chi connectivity index (χ4n) is 4.03. The van der Waals surface area contributed by atoms with Gasteiger partial charge in [-0.1, -0.05) is 35.9 Å². The van der Waals surface area contributed by atoms with E-state index in [1.807, 2.05) is 31.2 Å². The lowest BCUT2D eigenvalue weighted by Crippen LogP contribution is -2.40. The number of nitrogens with zero attached hydrogens (tertiary/aromatic N) is 2. The van der Waals surface area contributed by atoms with E-state index in [0.717, 1.165) is 35.5 Å². The Morgan fingerprint density at radius 1 is 1.29 bits per heavy atom. The molecule has 9 nitrogen and oxygen atoms in total. The topological polar surface area (TPSA) is 113 Å². The molecule has 35 heavy (non-hydrogen) atoms.